The van der Waals surface area contributed by atoms with Crippen LogP contribution in [-0.4, -0.2) is 33.6 Å². The number of sulfone groups is 1. The standard InChI is InChI=1S/C14H23NO3S/c1-5-15-12(3)13-10-11(2)6-7-14(13)18-8-9-19(4,16)17/h6-7,10,12,15H,5,8-9H2,1-4H3. The van der Waals surface area contributed by atoms with Crippen molar-refractivity contribution in [2.45, 2.75) is 26.8 Å². The summed E-state index contributed by atoms with van der Waals surface area (Å²) in [6.45, 7) is 7.21. The molecular weight excluding hydrogens is 262 g/mol. The van der Waals surface area contributed by atoms with Crippen molar-refractivity contribution in [3.05, 3.63) is 29.3 Å². The number of hydrogen-bond donors (Lipinski definition) is 1. The van der Waals surface area contributed by atoms with Gasteiger partial charge in [0.25, 0.3) is 0 Å². The highest BCUT2D eigenvalue weighted by Crippen LogP contribution is 2.26. The van der Waals surface area contributed by atoms with Gasteiger partial charge in [0.1, 0.15) is 12.4 Å². The summed E-state index contributed by atoms with van der Waals surface area (Å²) in [6.07, 6.45) is 1.22. The van der Waals surface area contributed by atoms with Gasteiger partial charge >= 0.3 is 0 Å². The van der Waals surface area contributed by atoms with Gasteiger partial charge in [0.2, 0.25) is 0 Å². The van der Waals surface area contributed by atoms with Crippen LogP contribution in [0.15, 0.2) is 18.2 Å². The third kappa shape index (κ3) is 5.61. The first-order valence-electron chi connectivity index (χ1n) is 6.48. The number of aryl methyl sites for hydroxylation is 1. The van der Waals surface area contributed by atoms with E-state index < -0.39 is 9.84 Å². The van der Waals surface area contributed by atoms with E-state index >= 15 is 0 Å². The molecule has 0 aliphatic heterocycles. The van der Waals surface area contributed by atoms with Crippen molar-refractivity contribution >= 4 is 9.84 Å². The monoisotopic (exact) mass is 285 g/mol. The van der Waals surface area contributed by atoms with Gasteiger partial charge in [0.15, 0.2) is 9.84 Å². The van der Waals surface area contributed by atoms with E-state index in [1.165, 1.54) is 6.26 Å². The highest BCUT2D eigenvalue weighted by Gasteiger charge is 2.12. The largest absolute Gasteiger partial charge is 0.492 e. The summed E-state index contributed by atoms with van der Waals surface area (Å²) < 4.78 is 27.8. The SMILES string of the molecule is CCNC(C)c1cc(C)ccc1OCCS(C)(=O)=O. The Balaban J connectivity index is 2.81. The molecular formula is C14H23NO3S. The molecule has 0 aliphatic rings. The van der Waals surface area contributed by atoms with Gasteiger partial charge in [-0.1, -0.05) is 24.6 Å². The van der Waals surface area contributed by atoms with E-state index in [2.05, 4.69) is 25.2 Å². The van der Waals surface area contributed by atoms with Crippen LogP contribution in [0.3, 0.4) is 0 Å². The second-order valence-electron chi connectivity index (χ2n) is 4.80. The molecule has 4 nitrogen and oxygen atoms in total. The molecule has 0 saturated heterocycles. The molecule has 108 valence electrons. The molecule has 0 radical (unpaired) electrons. The lowest BCUT2D eigenvalue weighted by Crippen LogP contribution is -2.19. The number of hydrogen-bond acceptors (Lipinski definition) is 4. The van der Waals surface area contributed by atoms with E-state index in [4.69, 9.17) is 4.74 Å². The first-order chi connectivity index (χ1) is 8.83. The van der Waals surface area contributed by atoms with Crippen LogP contribution in [0.25, 0.3) is 0 Å². The number of benzene rings is 1. The second kappa shape index (κ2) is 6.91. The Morgan fingerprint density at radius 2 is 2.05 bits per heavy atom. The van der Waals surface area contributed by atoms with Gasteiger partial charge in [0.05, 0.1) is 5.75 Å². The predicted octanol–water partition coefficient (Wildman–Crippen LogP) is 2.09. The molecule has 0 heterocycles. The molecule has 0 spiro atoms. The van der Waals surface area contributed by atoms with Gasteiger partial charge in [-0.3, -0.25) is 0 Å². The molecule has 0 aliphatic carbocycles. The van der Waals surface area contributed by atoms with Crippen LogP contribution < -0.4 is 10.1 Å². The van der Waals surface area contributed by atoms with E-state index in [-0.39, 0.29) is 18.4 Å². The van der Waals surface area contributed by atoms with E-state index in [1.807, 2.05) is 19.1 Å². The molecule has 5 heteroatoms. The van der Waals surface area contributed by atoms with Crippen molar-refractivity contribution in [2.75, 3.05) is 25.2 Å². The molecule has 1 aromatic carbocycles. The quantitative estimate of drug-likeness (QED) is 0.833. The Hall–Kier alpha value is -1.07. The van der Waals surface area contributed by atoms with Crippen LogP contribution in [0, 0.1) is 6.92 Å². The molecule has 1 rings (SSSR count). The minimum Gasteiger partial charge on any atom is -0.492 e. The maximum absolute atomic E-state index is 11.1. The number of rotatable bonds is 7. The van der Waals surface area contributed by atoms with Gasteiger partial charge < -0.3 is 10.1 Å². The molecule has 0 saturated carbocycles. The fourth-order valence-corrected chi connectivity index (χ4v) is 2.24. The molecule has 1 aromatic rings. The van der Waals surface area contributed by atoms with Crippen LogP contribution in [0.1, 0.15) is 31.0 Å². The minimum absolute atomic E-state index is 0.0376. The molecule has 19 heavy (non-hydrogen) atoms. The lowest BCUT2D eigenvalue weighted by molar-refractivity contribution is 0.333. The Bertz CT molecular complexity index is 511. The second-order valence-corrected chi connectivity index (χ2v) is 7.06. The van der Waals surface area contributed by atoms with Gasteiger partial charge in [-0.25, -0.2) is 8.42 Å². The van der Waals surface area contributed by atoms with Crippen molar-refractivity contribution < 1.29 is 13.2 Å². The van der Waals surface area contributed by atoms with Crippen molar-refractivity contribution in [1.29, 1.82) is 0 Å². The summed E-state index contributed by atoms with van der Waals surface area (Å²) >= 11 is 0. The molecule has 0 fully saturated rings. The predicted molar refractivity (Wildman–Crippen MR) is 78.5 cm³/mol. The summed E-state index contributed by atoms with van der Waals surface area (Å²) in [5.74, 6) is 0.790. The summed E-state index contributed by atoms with van der Waals surface area (Å²) in [6, 6.07) is 6.13. The van der Waals surface area contributed by atoms with Crippen molar-refractivity contribution in [3.8, 4) is 5.75 Å². The number of nitrogens with one attached hydrogen (secondary N) is 1. The zero-order valence-corrected chi connectivity index (χ0v) is 12.9. The maximum Gasteiger partial charge on any atom is 0.150 e. The fraction of sp³-hybridized carbons (Fsp3) is 0.571. The molecule has 0 amide bonds. The van der Waals surface area contributed by atoms with Crippen LogP contribution in [0.5, 0.6) is 5.75 Å². The van der Waals surface area contributed by atoms with Crippen LogP contribution in [0.2, 0.25) is 0 Å². The average Bonchev–Trinajstić information content (AvgIpc) is 2.29. The minimum atomic E-state index is -2.99. The highest BCUT2D eigenvalue weighted by molar-refractivity contribution is 7.90. The molecule has 1 N–H and O–H groups in total. The first-order valence-corrected chi connectivity index (χ1v) is 8.54. The van der Waals surface area contributed by atoms with Crippen molar-refractivity contribution in [2.24, 2.45) is 0 Å². The van der Waals surface area contributed by atoms with Gasteiger partial charge in [-0.2, -0.15) is 0 Å². The topological polar surface area (TPSA) is 55.4 Å². The zero-order chi connectivity index (χ0) is 14.5. The molecule has 1 atom stereocenters. The zero-order valence-electron chi connectivity index (χ0n) is 12.1. The average molecular weight is 285 g/mol. The van der Waals surface area contributed by atoms with Gasteiger partial charge in [0, 0.05) is 17.9 Å². The van der Waals surface area contributed by atoms with Crippen LogP contribution in [-0.2, 0) is 9.84 Å². The van der Waals surface area contributed by atoms with Crippen molar-refractivity contribution in [1.82, 2.24) is 5.32 Å². The molecule has 0 bridgehead atoms. The highest BCUT2D eigenvalue weighted by atomic mass is 32.2. The third-order valence-corrected chi connectivity index (χ3v) is 3.76. The van der Waals surface area contributed by atoms with Crippen molar-refractivity contribution in [3.63, 3.8) is 0 Å². The lowest BCUT2D eigenvalue weighted by Gasteiger charge is -2.18. The molecule has 1 unspecified atom stereocenters. The normalized spacial score (nSPS) is 13.3. The Morgan fingerprint density at radius 1 is 1.37 bits per heavy atom. The van der Waals surface area contributed by atoms with E-state index in [0.29, 0.717) is 0 Å². The first kappa shape index (κ1) is 16.0. The van der Waals surface area contributed by atoms with Gasteiger partial charge in [-0.15, -0.1) is 0 Å². The third-order valence-electron chi connectivity index (χ3n) is 2.85. The summed E-state index contributed by atoms with van der Waals surface area (Å²) in [5.41, 5.74) is 2.23. The van der Waals surface area contributed by atoms with E-state index in [1.54, 1.807) is 0 Å². The van der Waals surface area contributed by atoms with Crippen LogP contribution >= 0.6 is 0 Å². The maximum atomic E-state index is 11.1. The Kier molecular flexibility index (Phi) is 5.82. The fourth-order valence-electron chi connectivity index (χ4n) is 1.86. The smallest absolute Gasteiger partial charge is 0.150 e. The van der Waals surface area contributed by atoms with E-state index in [0.717, 1.165) is 23.4 Å². The van der Waals surface area contributed by atoms with E-state index in [9.17, 15) is 8.42 Å². The summed E-state index contributed by atoms with van der Waals surface area (Å²) in [4.78, 5) is 0. The summed E-state index contributed by atoms with van der Waals surface area (Å²) in [7, 11) is -2.99. The summed E-state index contributed by atoms with van der Waals surface area (Å²) in [5, 5.41) is 3.34. The van der Waals surface area contributed by atoms with Crippen LogP contribution in [0.4, 0.5) is 0 Å². The Morgan fingerprint density at radius 3 is 2.63 bits per heavy atom. The Labute approximate surface area is 116 Å². The molecule has 0 aromatic heterocycles. The number of ether oxygens (including phenoxy) is 1. The van der Waals surface area contributed by atoms with Gasteiger partial charge in [-0.05, 0) is 26.5 Å². The lowest BCUT2D eigenvalue weighted by atomic mass is 10.0.